The molecular formula is C22H24N4O2. The molecule has 6 heteroatoms. The van der Waals surface area contributed by atoms with Crippen molar-refractivity contribution in [2.45, 2.75) is 26.7 Å². The fourth-order valence-electron chi connectivity index (χ4n) is 2.93. The third-order valence-electron chi connectivity index (χ3n) is 4.48. The topological polar surface area (TPSA) is 76.1 Å². The van der Waals surface area contributed by atoms with Crippen LogP contribution in [0, 0.1) is 0 Å². The van der Waals surface area contributed by atoms with Crippen molar-refractivity contribution >= 4 is 23.2 Å². The van der Waals surface area contributed by atoms with Gasteiger partial charge in [0.15, 0.2) is 0 Å². The van der Waals surface area contributed by atoms with E-state index in [1.807, 2.05) is 12.1 Å². The van der Waals surface area contributed by atoms with Gasteiger partial charge in [0.1, 0.15) is 5.75 Å². The van der Waals surface area contributed by atoms with Crippen molar-refractivity contribution in [2.24, 2.45) is 0 Å². The summed E-state index contributed by atoms with van der Waals surface area (Å²) in [5.74, 6) is 0.867. The van der Waals surface area contributed by atoms with E-state index in [-0.39, 0.29) is 5.91 Å². The van der Waals surface area contributed by atoms with E-state index in [0.717, 1.165) is 18.5 Å². The smallest absolute Gasteiger partial charge is 0.258 e. The maximum atomic E-state index is 12.4. The van der Waals surface area contributed by atoms with Crippen LogP contribution in [0.15, 0.2) is 54.9 Å². The number of aryl methyl sites for hydroxylation is 2. The maximum Gasteiger partial charge on any atom is 0.258 e. The first-order chi connectivity index (χ1) is 13.6. The largest absolute Gasteiger partial charge is 0.497 e. The van der Waals surface area contributed by atoms with Crippen LogP contribution in [0.5, 0.6) is 5.75 Å². The first kappa shape index (κ1) is 19.4. The SMILES string of the molecule is CCc1cccc(CC)c1Nc1ncc(C(=O)Nc2cccc(OC)c2)cn1. The minimum atomic E-state index is -0.275. The molecule has 2 aromatic carbocycles. The Bertz CT molecular complexity index is 933. The fourth-order valence-corrected chi connectivity index (χ4v) is 2.93. The Morgan fingerprint density at radius 1 is 1.00 bits per heavy atom. The Labute approximate surface area is 165 Å². The van der Waals surface area contributed by atoms with E-state index < -0.39 is 0 Å². The molecule has 1 aromatic heterocycles. The van der Waals surface area contributed by atoms with E-state index in [4.69, 9.17) is 4.74 Å². The van der Waals surface area contributed by atoms with Gasteiger partial charge in [-0.15, -0.1) is 0 Å². The summed E-state index contributed by atoms with van der Waals surface area (Å²) in [6.45, 7) is 4.24. The second-order valence-electron chi connectivity index (χ2n) is 6.26. The molecule has 144 valence electrons. The summed E-state index contributed by atoms with van der Waals surface area (Å²) in [6.07, 6.45) is 4.87. The van der Waals surface area contributed by atoms with Gasteiger partial charge >= 0.3 is 0 Å². The highest BCUT2D eigenvalue weighted by Gasteiger charge is 2.11. The molecule has 3 rings (SSSR count). The summed E-state index contributed by atoms with van der Waals surface area (Å²) < 4.78 is 5.17. The lowest BCUT2D eigenvalue weighted by molar-refractivity contribution is 0.102. The number of carbonyl (C=O) groups excluding carboxylic acids is 1. The number of rotatable bonds is 7. The van der Waals surface area contributed by atoms with Gasteiger partial charge in [-0.25, -0.2) is 9.97 Å². The normalized spacial score (nSPS) is 10.4. The number of benzene rings is 2. The van der Waals surface area contributed by atoms with Gasteiger partial charge in [0.05, 0.1) is 12.7 Å². The lowest BCUT2D eigenvalue weighted by atomic mass is 10.0. The highest BCUT2D eigenvalue weighted by atomic mass is 16.5. The second-order valence-corrected chi connectivity index (χ2v) is 6.26. The third-order valence-corrected chi connectivity index (χ3v) is 4.48. The van der Waals surface area contributed by atoms with E-state index in [1.54, 1.807) is 19.2 Å². The van der Waals surface area contributed by atoms with Gasteiger partial charge < -0.3 is 15.4 Å². The Morgan fingerprint density at radius 2 is 1.64 bits per heavy atom. The highest BCUT2D eigenvalue weighted by Crippen LogP contribution is 2.25. The molecular weight excluding hydrogens is 352 g/mol. The minimum Gasteiger partial charge on any atom is -0.497 e. The quantitative estimate of drug-likeness (QED) is 0.630. The Hall–Kier alpha value is -3.41. The van der Waals surface area contributed by atoms with Gasteiger partial charge in [0.25, 0.3) is 5.91 Å². The molecule has 28 heavy (non-hydrogen) atoms. The van der Waals surface area contributed by atoms with E-state index in [0.29, 0.717) is 22.9 Å². The highest BCUT2D eigenvalue weighted by molar-refractivity contribution is 6.04. The molecule has 0 unspecified atom stereocenters. The zero-order valence-corrected chi connectivity index (χ0v) is 16.3. The van der Waals surface area contributed by atoms with Crippen LogP contribution in [0.25, 0.3) is 0 Å². The summed E-state index contributed by atoms with van der Waals surface area (Å²) in [6, 6.07) is 13.4. The Morgan fingerprint density at radius 3 is 2.25 bits per heavy atom. The summed E-state index contributed by atoms with van der Waals surface area (Å²) >= 11 is 0. The molecule has 0 fully saturated rings. The first-order valence-electron chi connectivity index (χ1n) is 9.29. The Balaban J connectivity index is 1.74. The van der Waals surface area contributed by atoms with Crippen molar-refractivity contribution in [3.8, 4) is 5.75 Å². The van der Waals surface area contributed by atoms with Crippen LogP contribution in [-0.4, -0.2) is 23.0 Å². The lowest BCUT2D eigenvalue weighted by Gasteiger charge is -2.14. The fraction of sp³-hybridized carbons (Fsp3) is 0.227. The molecule has 3 aromatic rings. The molecule has 1 amide bonds. The number of nitrogens with one attached hydrogen (secondary N) is 2. The number of carbonyl (C=O) groups is 1. The van der Waals surface area contributed by atoms with Crippen LogP contribution >= 0.6 is 0 Å². The predicted molar refractivity (Wildman–Crippen MR) is 111 cm³/mol. The molecule has 2 N–H and O–H groups in total. The predicted octanol–water partition coefficient (Wildman–Crippen LogP) is 4.61. The van der Waals surface area contributed by atoms with Gasteiger partial charge in [-0.2, -0.15) is 0 Å². The van der Waals surface area contributed by atoms with Crippen LogP contribution in [0.3, 0.4) is 0 Å². The number of anilines is 3. The molecule has 0 spiro atoms. The van der Waals surface area contributed by atoms with Crippen molar-refractivity contribution in [2.75, 3.05) is 17.7 Å². The van der Waals surface area contributed by atoms with Crippen LogP contribution in [0.2, 0.25) is 0 Å². The lowest BCUT2D eigenvalue weighted by Crippen LogP contribution is -2.13. The van der Waals surface area contributed by atoms with Gasteiger partial charge in [-0.1, -0.05) is 38.1 Å². The molecule has 0 radical (unpaired) electrons. The van der Waals surface area contributed by atoms with Crippen molar-refractivity contribution in [1.29, 1.82) is 0 Å². The zero-order chi connectivity index (χ0) is 19.9. The van der Waals surface area contributed by atoms with Crippen LogP contribution < -0.4 is 15.4 Å². The van der Waals surface area contributed by atoms with Crippen molar-refractivity contribution in [3.63, 3.8) is 0 Å². The molecule has 0 aliphatic rings. The average molecular weight is 376 g/mol. The number of para-hydroxylation sites is 1. The molecule has 1 heterocycles. The number of hydrogen-bond acceptors (Lipinski definition) is 5. The summed E-state index contributed by atoms with van der Waals surface area (Å²) in [7, 11) is 1.58. The first-order valence-corrected chi connectivity index (χ1v) is 9.29. The molecule has 0 saturated heterocycles. The summed E-state index contributed by atoms with van der Waals surface area (Å²) in [5, 5.41) is 6.12. The number of nitrogens with zero attached hydrogens (tertiary/aromatic N) is 2. The molecule has 0 atom stereocenters. The molecule has 0 aliphatic carbocycles. The maximum absolute atomic E-state index is 12.4. The van der Waals surface area contributed by atoms with Gasteiger partial charge in [0, 0.05) is 29.8 Å². The number of hydrogen-bond donors (Lipinski definition) is 2. The van der Waals surface area contributed by atoms with Gasteiger partial charge in [0.2, 0.25) is 5.95 Å². The number of amides is 1. The van der Waals surface area contributed by atoms with E-state index in [1.165, 1.54) is 23.5 Å². The average Bonchev–Trinajstić information content (AvgIpc) is 2.74. The van der Waals surface area contributed by atoms with E-state index >= 15 is 0 Å². The molecule has 0 bridgehead atoms. The number of methoxy groups -OCH3 is 1. The van der Waals surface area contributed by atoms with Crippen LogP contribution in [0.1, 0.15) is 35.3 Å². The van der Waals surface area contributed by atoms with E-state index in [2.05, 4.69) is 52.6 Å². The number of aromatic nitrogens is 2. The van der Waals surface area contributed by atoms with Gasteiger partial charge in [-0.05, 0) is 36.1 Å². The van der Waals surface area contributed by atoms with Crippen molar-refractivity contribution in [3.05, 3.63) is 71.5 Å². The molecule has 0 saturated carbocycles. The second kappa shape index (κ2) is 8.99. The molecule has 0 aliphatic heterocycles. The summed E-state index contributed by atoms with van der Waals surface area (Å²) in [5.41, 5.74) is 4.50. The Kier molecular flexibility index (Phi) is 6.22. The van der Waals surface area contributed by atoms with Gasteiger partial charge in [-0.3, -0.25) is 4.79 Å². The third kappa shape index (κ3) is 4.46. The van der Waals surface area contributed by atoms with Crippen molar-refractivity contribution in [1.82, 2.24) is 9.97 Å². The van der Waals surface area contributed by atoms with Crippen LogP contribution in [-0.2, 0) is 12.8 Å². The van der Waals surface area contributed by atoms with E-state index in [9.17, 15) is 4.79 Å². The zero-order valence-electron chi connectivity index (χ0n) is 16.3. The van der Waals surface area contributed by atoms with Crippen molar-refractivity contribution < 1.29 is 9.53 Å². The monoisotopic (exact) mass is 376 g/mol. The standard InChI is InChI=1S/C22H24N4O2/c1-4-15-8-6-9-16(5-2)20(15)26-22-23-13-17(14-24-22)21(27)25-18-10-7-11-19(12-18)28-3/h6-14H,4-5H2,1-3H3,(H,25,27)(H,23,24,26). The summed E-state index contributed by atoms with van der Waals surface area (Å²) in [4.78, 5) is 21.1. The van der Waals surface area contributed by atoms with Crippen LogP contribution in [0.4, 0.5) is 17.3 Å². The minimum absolute atomic E-state index is 0.275. The molecule has 6 nitrogen and oxygen atoms in total. The number of ether oxygens (including phenoxy) is 1.